The molecule has 8 heteroatoms. The van der Waals surface area contributed by atoms with Gasteiger partial charge in [0, 0.05) is 23.4 Å². The lowest BCUT2D eigenvalue weighted by Crippen LogP contribution is -2.33. The fourth-order valence-corrected chi connectivity index (χ4v) is 2.14. The van der Waals surface area contributed by atoms with Crippen molar-refractivity contribution >= 4 is 19.7 Å². The van der Waals surface area contributed by atoms with Crippen molar-refractivity contribution in [3.8, 4) is 0 Å². The van der Waals surface area contributed by atoms with Crippen LogP contribution in [-0.2, 0) is 15.6 Å². The van der Waals surface area contributed by atoms with Crippen LogP contribution >= 0.6 is 10.7 Å². The van der Waals surface area contributed by atoms with Crippen molar-refractivity contribution in [3.05, 3.63) is 27.0 Å². The minimum Gasteiger partial charge on any atom is -0.299 e. The van der Waals surface area contributed by atoms with Crippen molar-refractivity contribution in [1.82, 2.24) is 9.55 Å². The van der Waals surface area contributed by atoms with Crippen molar-refractivity contribution in [2.75, 3.05) is 0 Å². The topological polar surface area (TPSA) is 89.0 Å². The third kappa shape index (κ3) is 3.99. The molecule has 0 aromatic carbocycles. The number of halogens is 1. The van der Waals surface area contributed by atoms with Gasteiger partial charge in [0.25, 0.3) is 14.6 Å². The van der Waals surface area contributed by atoms with Gasteiger partial charge in [-0.25, -0.2) is 13.2 Å². The number of aromatic amines is 1. The maximum atomic E-state index is 11.5. The Labute approximate surface area is 109 Å². The molecule has 0 fully saturated rings. The first kappa shape index (κ1) is 15.0. The molecule has 0 bridgehead atoms. The normalized spacial score (nSPS) is 12.7. The smallest absolute Gasteiger partial charge is 0.299 e. The summed E-state index contributed by atoms with van der Waals surface area (Å²) in [6.07, 6.45) is 1.63. The van der Waals surface area contributed by atoms with Gasteiger partial charge in [-0.15, -0.1) is 0 Å². The Balaban J connectivity index is 3.23. The van der Waals surface area contributed by atoms with Crippen LogP contribution in [0.4, 0.5) is 0 Å². The van der Waals surface area contributed by atoms with E-state index < -0.39 is 25.2 Å². The zero-order chi connectivity index (χ0) is 14.1. The summed E-state index contributed by atoms with van der Waals surface area (Å²) in [5.74, 6) is 0. The predicted molar refractivity (Wildman–Crippen MR) is 68.4 cm³/mol. The van der Waals surface area contributed by atoms with Gasteiger partial charge in [-0.1, -0.05) is 20.8 Å². The lowest BCUT2D eigenvalue weighted by atomic mass is 9.92. The first-order valence-electron chi connectivity index (χ1n) is 5.29. The Bertz CT molecular complexity index is 652. The number of hydrogen-bond acceptors (Lipinski definition) is 4. The van der Waals surface area contributed by atoms with Gasteiger partial charge in [0.05, 0.1) is 0 Å². The molecule has 1 N–H and O–H groups in total. The fraction of sp³-hybridized carbons (Fsp3) is 0.600. The summed E-state index contributed by atoms with van der Waals surface area (Å²) >= 11 is 0. The van der Waals surface area contributed by atoms with Crippen LogP contribution in [0.25, 0.3) is 0 Å². The van der Waals surface area contributed by atoms with E-state index in [4.69, 9.17) is 10.7 Å². The van der Waals surface area contributed by atoms with E-state index in [0.717, 1.165) is 10.8 Å². The molecule has 0 amide bonds. The molecule has 18 heavy (non-hydrogen) atoms. The molecule has 0 atom stereocenters. The summed E-state index contributed by atoms with van der Waals surface area (Å²) in [4.78, 5) is 24.1. The molecule has 1 aromatic heterocycles. The van der Waals surface area contributed by atoms with Gasteiger partial charge in [0.2, 0.25) is 0 Å². The van der Waals surface area contributed by atoms with Gasteiger partial charge in [-0.05, 0) is 11.8 Å². The summed E-state index contributed by atoms with van der Waals surface area (Å²) in [6, 6.07) is 0. The number of aryl methyl sites for hydroxylation is 1. The fourth-order valence-electron chi connectivity index (χ4n) is 1.28. The number of H-pyrrole nitrogens is 1. The minimum atomic E-state index is -4.16. The van der Waals surface area contributed by atoms with Crippen molar-refractivity contribution in [2.24, 2.45) is 5.41 Å². The molecule has 6 nitrogen and oxygen atoms in total. The van der Waals surface area contributed by atoms with Crippen molar-refractivity contribution < 1.29 is 8.42 Å². The highest BCUT2D eigenvalue weighted by Crippen LogP contribution is 2.19. The maximum Gasteiger partial charge on any atom is 0.328 e. The molecule has 0 unspecified atom stereocenters. The molecule has 0 spiro atoms. The van der Waals surface area contributed by atoms with Crippen LogP contribution in [0.5, 0.6) is 0 Å². The quantitative estimate of drug-likeness (QED) is 0.839. The van der Waals surface area contributed by atoms with Crippen LogP contribution in [-0.4, -0.2) is 18.0 Å². The Morgan fingerprint density at radius 1 is 1.33 bits per heavy atom. The van der Waals surface area contributed by atoms with Gasteiger partial charge in [0.15, 0.2) is 4.90 Å². The SMILES string of the molecule is CC(C)(C)CCn1cc(S(=O)(=O)Cl)c(=O)[nH]c1=O. The van der Waals surface area contributed by atoms with Crippen LogP contribution in [0.3, 0.4) is 0 Å². The van der Waals surface area contributed by atoms with E-state index in [-0.39, 0.29) is 5.41 Å². The summed E-state index contributed by atoms with van der Waals surface area (Å²) < 4.78 is 23.4. The Morgan fingerprint density at radius 2 is 1.89 bits per heavy atom. The molecule has 0 aliphatic heterocycles. The summed E-state index contributed by atoms with van der Waals surface area (Å²) in [5, 5.41) is 0. The number of aromatic nitrogens is 2. The van der Waals surface area contributed by atoms with Crippen molar-refractivity contribution in [1.29, 1.82) is 0 Å². The average Bonchev–Trinajstić information content (AvgIpc) is 2.12. The van der Waals surface area contributed by atoms with Crippen LogP contribution in [0, 0.1) is 5.41 Å². The Morgan fingerprint density at radius 3 is 2.33 bits per heavy atom. The number of nitrogens with one attached hydrogen (secondary N) is 1. The molecule has 0 radical (unpaired) electrons. The maximum absolute atomic E-state index is 11.5. The number of nitrogens with zero attached hydrogens (tertiary/aromatic N) is 1. The first-order valence-corrected chi connectivity index (χ1v) is 7.60. The highest BCUT2D eigenvalue weighted by Gasteiger charge is 2.18. The standard InChI is InChI=1S/C10H15ClN2O4S/c1-10(2,3)4-5-13-6-7(18(11,16)17)8(14)12-9(13)15/h6H,4-5H2,1-3H3,(H,12,14,15). The van der Waals surface area contributed by atoms with Crippen molar-refractivity contribution in [2.45, 2.75) is 38.6 Å². The second-order valence-electron chi connectivity index (χ2n) is 5.19. The van der Waals surface area contributed by atoms with E-state index in [1.54, 1.807) is 0 Å². The summed E-state index contributed by atoms with van der Waals surface area (Å²) in [5.41, 5.74) is -1.66. The number of hydrogen-bond donors (Lipinski definition) is 1. The van der Waals surface area contributed by atoms with E-state index in [1.165, 1.54) is 0 Å². The largest absolute Gasteiger partial charge is 0.328 e. The summed E-state index contributed by atoms with van der Waals surface area (Å²) in [7, 11) is 0.957. The molecule has 1 rings (SSSR count). The van der Waals surface area contributed by atoms with Gasteiger partial charge >= 0.3 is 5.69 Å². The van der Waals surface area contributed by atoms with E-state index in [0.29, 0.717) is 13.0 Å². The van der Waals surface area contributed by atoms with Crippen LogP contribution in [0.1, 0.15) is 27.2 Å². The summed E-state index contributed by atoms with van der Waals surface area (Å²) in [6.45, 7) is 6.27. The Hall–Kier alpha value is -1.08. The average molecular weight is 295 g/mol. The molecule has 1 aromatic rings. The molecule has 0 saturated carbocycles. The molecule has 1 heterocycles. The second-order valence-corrected chi connectivity index (χ2v) is 7.73. The highest BCUT2D eigenvalue weighted by atomic mass is 35.7. The molecule has 0 aliphatic carbocycles. The Kier molecular flexibility index (Phi) is 4.07. The van der Waals surface area contributed by atoms with Crippen LogP contribution in [0.15, 0.2) is 20.7 Å². The number of rotatable bonds is 3. The zero-order valence-corrected chi connectivity index (χ0v) is 11.9. The van der Waals surface area contributed by atoms with E-state index >= 15 is 0 Å². The molecule has 0 aliphatic rings. The molecular weight excluding hydrogens is 280 g/mol. The van der Waals surface area contributed by atoms with Gasteiger partial charge in [-0.3, -0.25) is 14.3 Å². The molecule has 0 saturated heterocycles. The van der Waals surface area contributed by atoms with E-state index in [9.17, 15) is 18.0 Å². The zero-order valence-electron chi connectivity index (χ0n) is 10.4. The van der Waals surface area contributed by atoms with Gasteiger partial charge < -0.3 is 0 Å². The second kappa shape index (κ2) is 4.89. The molecular formula is C10H15ClN2O4S. The predicted octanol–water partition coefficient (Wildman–Crippen LogP) is 0.900. The van der Waals surface area contributed by atoms with Crippen molar-refractivity contribution in [3.63, 3.8) is 0 Å². The minimum absolute atomic E-state index is 0.0183. The van der Waals surface area contributed by atoms with E-state index in [2.05, 4.69) is 0 Å². The van der Waals surface area contributed by atoms with Gasteiger partial charge in [-0.2, -0.15) is 0 Å². The lowest BCUT2D eigenvalue weighted by molar-refractivity contribution is 0.345. The third-order valence-corrected chi connectivity index (χ3v) is 3.66. The van der Waals surface area contributed by atoms with Gasteiger partial charge in [0.1, 0.15) is 0 Å². The molecule has 102 valence electrons. The first-order chi connectivity index (χ1) is 8.00. The monoisotopic (exact) mass is 294 g/mol. The van der Waals surface area contributed by atoms with Crippen LogP contribution < -0.4 is 11.2 Å². The lowest BCUT2D eigenvalue weighted by Gasteiger charge is -2.18. The van der Waals surface area contributed by atoms with Crippen LogP contribution in [0.2, 0.25) is 0 Å². The third-order valence-electron chi connectivity index (χ3n) is 2.34. The van der Waals surface area contributed by atoms with E-state index in [1.807, 2.05) is 25.8 Å². The highest BCUT2D eigenvalue weighted by molar-refractivity contribution is 8.13.